The summed E-state index contributed by atoms with van der Waals surface area (Å²) < 4.78 is 23.8. The smallest absolute Gasteiger partial charge is 0.165 e. The Morgan fingerprint density at radius 1 is 1.28 bits per heavy atom. The molecule has 0 aliphatic heterocycles. The highest BCUT2D eigenvalue weighted by Gasteiger charge is 2.35. The Morgan fingerprint density at radius 2 is 1.94 bits per heavy atom. The van der Waals surface area contributed by atoms with E-state index in [1.54, 1.807) is 19.2 Å². The predicted octanol–water partition coefficient (Wildman–Crippen LogP) is 2.61. The quantitative estimate of drug-likeness (QED) is 0.901. The van der Waals surface area contributed by atoms with Gasteiger partial charge in [0.05, 0.1) is 18.8 Å². The van der Waals surface area contributed by atoms with Crippen LogP contribution in [0.15, 0.2) is 18.2 Å². The third-order valence-electron chi connectivity index (χ3n) is 3.78. The first kappa shape index (κ1) is 13.3. The number of hydrogen-bond acceptors (Lipinski definition) is 3. The molecule has 100 valence electrons. The summed E-state index contributed by atoms with van der Waals surface area (Å²) >= 11 is 0. The molecule has 18 heavy (non-hydrogen) atoms. The number of aliphatic hydroxyl groups is 1. The topological polar surface area (TPSA) is 38.7 Å². The number of ether oxygens (including phenoxy) is 2. The normalized spacial score (nSPS) is 28.1. The highest BCUT2D eigenvalue weighted by atomic mass is 19.1. The fourth-order valence-electron chi connectivity index (χ4n) is 2.55. The molecule has 1 aromatic carbocycles. The summed E-state index contributed by atoms with van der Waals surface area (Å²) in [4.78, 5) is 0. The molecule has 1 fully saturated rings. The van der Waals surface area contributed by atoms with Crippen LogP contribution in [0.25, 0.3) is 0 Å². The van der Waals surface area contributed by atoms with Crippen LogP contribution in [0.2, 0.25) is 0 Å². The summed E-state index contributed by atoms with van der Waals surface area (Å²) in [5, 5.41) is 10.6. The van der Waals surface area contributed by atoms with Crippen LogP contribution in [0.4, 0.5) is 4.39 Å². The van der Waals surface area contributed by atoms with E-state index in [-0.39, 0.29) is 11.9 Å². The van der Waals surface area contributed by atoms with Crippen LogP contribution in [0.5, 0.6) is 5.75 Å². The first-order valence-electron chi connectivity index (χ1n) is 6.18. The molecular weight excluding hydrogens is 235 g/mol. The Kier molecular flexibility index (Phi) is 3.88. The first-order chi connectivity index (χ1) is 8.59. The zero-order valence-electron chi connectivity index (χ0n) is 10.8. The molecule has 0 atom stereocenters. The van der Waals surface area contributed by atoms with E-state index in [0.29, 0.717) is 18.4 Å². The van der Waals surface area contributed by atoms with Crippen molar-refractivity contribution in [2.45, 2.75) is 37.4 Å². The minimum absolute atomic E-state index is 0.202. The lowest BCUT2D eigenvalue weighted by Gasteiger charge is -2.36. The molecule has 0 radical (unpaired) electrons. The summed E-state index contributed by atoms with van der Waals surface area (Å²) in [6, 6.07) is 4.66. The Balaban J connectivity index is 2.18. The zero-order chi connectivity index (χ0) is 13.2. The summed E-state index contributed by atoms with van der Waals surface area (Å²) in [6.07, 6.45) is 2.98. The Hall–Kier alpha value is -1.13. The van der Waals surface area contributed by atoms with Crippen LogP contribution < -0.4 is 4.74 Å². The van der Waals surface area contributed by atoms with Gasteiger partial charge in [-0.25, -0.2) is 4.39 Å². The Bertz CT molecular complexity index is 412. The van der Waals surface area contributed by atoms with Crippen molar-refractivity contribution in [3.05, 3.63) is 29.6 Å². The van der Waals surface area contributed by atoms with E-state index in [1.165, 1.54) is 13.2 Å². The number of rotatable bonds is 3. The van der Waals surface area contributed by atoms with E-state index in [2.05, 4.69) is 0 Å². The Morgan fingerprint density at radius 3 is 2.44 bits per heavy atom. The molecule has 0 spiro atoms. The molecular formula is C14H19FO3. The highest BCUT2D eigenvalue weighted by molar-refractivity contribution is 5.32. The first-order valence-corrected chi connectivity index (χ1v) is 6.18. The summed E-state index contributed by atoms with van der Waals surface area (Å²) in [5.74, 6) is -0.231. The molecule has 0 bridgehead atoms. The molecule has 0 amide bonds. The lowest BCUT2D eigenvalue weighted by molar-refractivity contribution is -0.0476. The molecule has 0 aromatic heterocycles. The SMILES string of the molecule is COc1ccc(C2(O)CCC(OC)CC2)cc1F. The van der Waals surface area contributed by atoms with Crippen molar-refractivity contribution in [3.8, 4) is 5.75 Å². The van der Waals surface area contributed by atoms with Crippen molar-refractivity contribution in [2.75, 3.05) is 14.2 Å². The summed E-state index contributed by atoms with van der Waals surface area (Å²) in [7, 11) is 3.11. The van der Waals surface area contributed by atoms with Crippen molar-refractivity contribution in [3.63, 3.8) is 0 Å². The van der Waals surface area contributed by atoms with Gasteiger partial charge in [-0.15, -0.1) is 0 Å². The van der Waals surface area contributed by atoms with Gasteiger partial charge in [-0.05, 0) is 43.4 Å². The summed E-state index contributed by atoms with van der Waals surface area (Å²) in [5.41, 5.74) is -0.322. The number of methoxy groups -OCH3 is 2. The van der Waals surface area contributed by atoms with E-state index < -0.39 is 11.4 Å². The van der Waals surface area contributed by atoms with E-state index in [0.717, 1.165) is 12.8 Å². The van der Waals surface area contributed by atoms with Crippen LogP contribution in [-0.2, 0) is 10.3 Å². The van der Waals surface area contributed by atoms with E-state index in [9.17, 15) is 9.50 Å². The van der Waals surface area contributed by atoms with Gasteiger partial charge in [0.1, 0.15) is 0 Å². The summed E-state index contributed by atoms with van der Waals surface area (Å²) in [6.45, 7) is 0. The van der Waals surface area contributed by atoms with Crippen LogP contribution >= 0.6 is 0 Å². The molecule has 1 aliphatic carbocycles. The van der Waals surface area contributed by atoms with Gasteiger partial charge >= 0.3 is 0 Å². The lowest BCUT2D eigenvalue weighted by Crippen LogP contribution is -2.34. The van der Waals surface area contributed by atoms with Crippen LogP contribution in [0.3, 0.4) is 0 Å². The van der Waals surface area contributed by atoms with Crippen molar-refractivity contribution in [1.82, 2.24) is 0 Å². The molecule has 1 N–H and O–H groups in total. The van der Waals surface area contributed by atoms with E-state index in [4.69, 9.17) is 9.47 Å². The lowest BCUT2D eigenvalue weighted by atomic mass is 9.78. The van der Waals surface area contributed by atoms with Gasteiger partial charge in [0.15, 0.2) is 11.6 Å². The molecule has 0 unspecified atom stereocenters. The van der Waals surface area contributed by atoms with Gasteiger partial charge in [0.25, 0.3) is 0 Å². The minimum Gasteiger partial charge on any atom is -0.494 e. The van der Waals surface area contributed by atoms with Gasteiger partial charge in [-0.1, -0.05) is 6.07 Å². The van der Waals surface area contributed by atoms with Gasteiger partial charge in [-0.2, -0.15) is 0 Å². The molecule has 2 rings (SSSR count). The molecule has 0 heterocycles. The fraction of sp³-hybridized carbons (Fsp3) is 0.571. The second-order valence-corrected chi connectivity index (χ2v) is 4.82. The maximum absolute atomic E-state index is 13.7. The molecule has 1 aromatic rings. The second kappa shape index (κ2) is 5.24. The maximum Gasteiger partial charge on any atom is 0.165 e. The van der Waals surface area contributed by atoms with Crippen molar-refractivity contribution < 1.29 is 19.0 Å². The molecule has 1 aliphatic rings. The van der Waals surface area contributed by atoms with Crippen molar-refractivity contribution in [2.24, 2.45) is 0 Å². The van der Waals surface area contributed by atoms with Gasteiger partial charge in [0, 0.05) is 7.11 Å². The van der Waals surface area contributed by atoms with Crippen LogP contribution in [0, 0.1) is 5.82 Å². The fourth-order valence-corrected chi connectivity index (χ4v) is 2.55. The average Bonchev–Trinajstić information content (AvgIpc) is 2.39. The predicted molar refractivity (Wildman–Crippen MR) is 66.1 cm³/mol. The number of benzene rings is 1. The molecule has 1 saturated carbocycles. The number of halogens is 1. The van der Waals surface area contributed by atoms with Crippen LogP contribution in [0.1, 0.15) is 31.2 Å². The van der Waals surface area contributed by atoms with Crippen LogP contribution in [-0.4, -0.2) is 25.4 Å². The zero-order valence-corrected chi connectivity index (χ0v) is 10.8. The Labute approximate surface area is 107 Å². The van der Waals surface area contributed by atoms with Gasteiger partial charge in [-0.3, -0.25) is 0 Å². The average molecular weight is 254 g/mol. The third kappa shape index (κ3) is 2.49. The van der Waals surface area contributed by atoms with Crippen molar-refractivity contribution >= 4 is 0 Å². The largest absolute Gasteiger partial charge is 0.494 e. The monoisotopic (exact) mass is 254 g/mol. The minimum atomic E-state index is -0.942. The molecule has 3 nitrogen and oxygen atoms in total. The van der Waals surface area contributed by atoms with Gasteiger partial charge < -0.3 is 14.6 Å². The highest BCUT2D eigenvalue weighted by Crippen LogP contribution is 2.38. The maximum atomic E-state index is 13.7. The van der Waals surface area contributed by atoms with E-state index in [1.807, 2.05) is 0 Å². The molecule has 0 saturated heterocycles. The second-order valence-electron chi connectivity index (χ2n) is 4.82. The third-order valence-corrected chi connectivity index (χ3v) is 3.78. The number of hydrogen-bond donors (Lipinski definition) is 1. The van der Waals surface area contributed by atoms with Crippen molar-refractivity contribution in [1.29, 1.82) is 0 Å². The van der Waals surface area contributed by atoms with Gasteiger partial charge in [0.2, 0.25) is 0 Å². The molecule has 4 heteroatoms. The standard InChI is InChI=1S/C14H19FO3/c1-17-11-5-7-14(16,8-6-11)10-3-4-13(18-2)12(15)9-10/h3-4,9,11,16H,5-8H2,1-2H3. The van der Waals surface area contributed by atoms with E-state index >= 15 is 0 Å².